The quantitative estimate of drug-likeness (QED) is 0.827. The van der Waals surface area contributed by atoms with Gasteiger partial charge in [-0.1, -0.05) is 28.1 Å². The van der Waals surface area contributed by atoms with Crippen molar-refractivity contribution in [3.8, 4) is 0 Å². The summed E-state index contributed by atoms with van der Waals surface area (Å²) in [6.07, 6.45) is 1.29. The van der Waals surface area contributed by atoms with E-state index in [1.54, 1.807) is 0 Å². The van der Waals surface area contributed by atoms with Gasteiger partial charge in [-0.2, -0.15) is 0 Å². The number of hydrogen-bond acceptors (Lipinski definition) is 2. The molecule has 2 nitrogen and oxygen atoms in total. The molecule has 2 aliphatic rings. The molecule has 1 aromatic carbocycles. The fraction of sp³-hybridized carbons (Fsp3) is 0.538. The SMILES string of the molecule is Brc1ccc(C2CCN(C3COC3)C2)cc1. The maximum atomic E-state index is 5.26. The van der Waals surface area contributed by atoms with E-state index < -0.39 is 0 Å². The maximum absolute atomic E-state index is 5.26. The Balaban J connectivity index is 1.66. The first-order chi connectivity index (χ1) is 7.83. The minimum Gasteiger partial charge on any atom is -0.378 e. The van der Waals surface area contributed by atoms with E-state index in [2.05, 4.69) is 45.1 Å². The monoisotopic (exact) mass is 281 g/mol. The Morgan fingerprint density at radius 1 is 1.19 bits per heavy atom. The highest BCUT2D eigenvalue weighted by atomic mass is 79.9. The van der Waals surface area contributed by atoms with Crippen molar-refractivity contribution in [2.75, 3.05) is 26.3 Å². The van der Waals surface area contributed by atoms with E-state index in [4.69, 9.17) is 4.74 Å². The number of nitrogens with zero attached hydrogens (tertiary/aromatic N) is 1. The molecule has 0 amide bonds. The number of halogens is 1. The summed E-state index contributed by atoms with van der Waals surface area (Å²) < 4.78 is 6.42. The van der Waals surface area contributed by atoms with Gasteiger partial charge in [-0.25, -0.2) is 0 Å². The third-order valence-corrected chi connectivity index (χ3v) is 4.23. The van der Waals surface area contributed by atoms with Crippen molar-refractivity contribution in [2.24, 2.45) is 0 Å². The van der Waals surface area contributed by atoms with Crippen LogP contribution in [0.5, 0.6) is 0 Å². The Bertz CT molecular complexity index is 361. The lowest BCUT2D eigenvalue weighted by atomic mass is 9.99. The number of hydrogen-bond donors (Lipinski definition) is 0. The van der Waals surface area contributed by atoms with Crippen molar-refractivity contribution in [1.82, 2.24) is 4.90 Å². The molecule has 0 saturated carbocycles. The summed E-state index contributed by atoms with van der Waals surface area (Å²) in [7, 11) is 0. The van der Waals surface area contributed by atoms with Gasteiger partial charge < -0.3 is 4.74 Å². The zero-order valence-electron chi connectivity index (χ0n) is 9.23. The Morgan fingerprint density at radius 2 is 1.94 bits per heavy atom. The summed E-state index contributed by atoms with van der Waals surface area (Å²) in [6.45, 7) is 4.31. The normalized spacial score (nSPS) is 26.9. The van der Waals surface area contributed by atoms with E-state index in [0.29, 0.717) is 12.0 Å². The molecule has 2 heterocycles. The fourth-order valence-electron chi connectivity index (χ4n) is 2.56. The first-order valence-electron chi connectivity index (χ1n) is 5.90. The van der Waals surface area contributed by atoms with Crippen LogP contribution in [0.2, 0.25) is 0 Å². The predicted molar refractivity (Wildman–Crippen MR) is 67.7 cm³/mol. The molecule has 0 N–H and O–H groups in total. The number of likely N-dealkylation sites (tertiary alicyclic amines) is 1. The third-order valence-electron chi connectivity index (χ3n) is 3.70. The Labute approximate surface area is 105 Å². The molecule has 2 saturated heterocycles. The summed E-state index contributed by atoms with van der Waals surface area (Å²) in [6, 6.07) is 9.47. The number of benzene rings is 1. The second-order valence-electron chi connectivity index (χ2n) is 4.72. The lowest BCUT2D eigenvalue weighted by molar-refractivity contribution is -0.0573. The summed E-state index contributed by atoms with van der Waals surface area (Å²) in [5.41, 5.74) is 1.48. The van der Waals surface area contributed by atoms with Gasteiger partial charge in [-0.3, -0.25) is 4.90 Å². The van der Waals surface area contributed by atoms with Crippen LogP contribution in [0.3, 0.4) is 0 Å². The van der Waals surface area contributed by atoms with Crippen LogP contribution < -0.4 is 0 Å². The van der Waals surface area contributed by atoms with E-state index in [1.165, 1.54) is 29.5 Å². The first-order valence-corrected chi connectivity index (χ1v) is 6.69. The van der Waals surface area contributed by atoms with Crippen molar-refractivity contribution < 1.29 is 4.74 Å². The first kappa shape index (κ1) is 10.8. The minimum atomic E-state index is 0.695. The Hall–Kier alpha value is -0.380. The largest absolute Gasteiger partial charge is 0.378 e. The number of rotatable bonds is 2. The molecule has 0 aromatic heterocycles. The molecule has 0 radical (unpaired) electrons. The average Bonchev–Trinajstić information content (AvgIpc) is 2.65. The van der Waals surface area contributed by atoms with Gasteiger partial charge in [-0.15, -0.1) is 0 Å². The summed E-state index contributed by atoms with van der Waals surface area (Å²) in [4.78, 5) is 2.58. The molecule has 86 valence electrons. The topological polar surface area (TPSA) is 12.5 Å². The van der Waals surface area contributed by atoms with Gasteiger partial charge in [0, 0.05) is 11.0 Å². The molecule has 3 rings (SSSR count). The molecule has 2 fully saturated rings. The van der Waals surface area contributed by atoms with E-state index >= 15 is 0 Å². The van der Waals surface area contributed by atoms with Gasteiger partial charge in [0.2, 0.25) is 0 Å². The average molecular weight is 282 g/mol. The summed E-state index contributed by atoms with van der Waals surface area (Å²) >= 11 is 3.48. The molecule has 2 aliphatic heterocycles. The van der Waals surface area contributed by atoms with Gasteiger partial charge in [0.15, 0.2) is 0 Å². The molecular weight excluding hydrogens is 266 g/mol. The van der Waals surface area contributed by atoms with Crippen LogP contribution >= 0.6 is 15.9 Å². The lowest BCUT2D eigenvalue weighted by Gasteiger charge is -2.34. The zero-order valence-corrected chi connectivity index (χ0v) is 10.8. The molecule has 1 unspecified atom stereocenters. The second kappa shape index (κ2) is 4.47. The van der Waals surface area contributed by atoms with E-state index in [0.717, 1.165) is 13.2 Å². The van der Waals surface area contributed by atoms with Crippen LogP contribution in [0.25, 0.3) is 0 Å². The van der Waals surface area contributed by atoms with E-state index in [1.807, 2.05) is 0 Å². The van der Waals surface area contributed by atoms with Crippen LogP contribution in [-0.2, 0) is 4.74 Å². The standard InChI is InChI=1S/C13H16BrNO/c14-12-3-1-10(2-4-12)11-5-6-15(7-11)13-8-16-9-13/h1-4,11,13H,5-9H2. The van der Waals surface area contributed by atoms with Gasteiger partial charge in [0.25, 0.3) is 0 Å². The molecule has 1 atom stereocenters. The lowest BCUT2D eigenvalue weighted by Crippen LogP contribution is -2.47. The van der Waals surface area contributed by atoms with Crippen molar-refractivity contribution in [3.05, 3.63) is 34.3 Å². The van der Waals surface area contributed by atoms with E-state index in [-0.39, 0.29) is 0 Å². The minimum absolute atomic E-state index is 0.695. The highest BCUT2D eigenvalue weighted by Crippen LogP contribution is 2.30. The summed E-state index contributed by atoms with van der Waals surface area (Å²) in [5.74, 6) is 0.716. The van der Waals surface area contributed by atoms with Crippen molar-refractivity contribution in [1.29, 1.82) is 0 Å². The number of ether oxygens (including phenoxy) is 1. The van der Waals surface area contributed by atoms with Crippen LogP contribution in [0, 0.1) is 0 Å². The van der Waals surface area contributed by atoms with Gasteiger partial charge in [0.1, 0.15) is 0 Å². The molecule has 1 aromatic rings. The molecule has 3 heteroatoms. The van der Waals surface area contributed by atoms with E-state index in [9.17, 15) is 0 Å². The van der Waals surface area contributed by atoms with Crippen LogP contribution in [-0.4, -0.2) is 37.2 Å². The van der Waals surface area contributed by atoms with Crippen LogP contribution in [0.15, 0.2) is 28.7 Å². The van der Waals surface area contributed by atoms with Gasteiger partial charge >= 0.3 is 0 Å². The van der Waals surface area contributed by atoms with Gasteiger partial charge in [0.05, 0.1) is 19.3 Å². The van der Waals surface area contributed by atoms with Crippen LogP contribution in [0.4, 0.5) is 0 Å². The molecule has 0 bridgehead atoms. The molecule has 16 heavy (non-hydrogen) atoms. The van der Waals surface area contributed by atoms with Crippen molar-refractivity contribution in [3.63, 3.8) is 0 Å². The maximum Gasteiger partial charge on any atom is 0.0645 e. The molecule has 0 spiro atoms. The Morgan fingerprint density at radius 3 is 2.56 bits per heavy atom. The smallest absolute Gasteiger partial charge is 0.0645 e. The molecular formula is C13H16BrNO. The Kier molecular flexibility index (Phi) is 3.01. The van der Waals surface area contributed by atoms with Crippen molar-refractivity contribution >= 4 is 15.9 Å². The van der Waals surface area contributed by atoms with Crippen LogP contribution in [0.1, 0.15) is 17.9 Å². The third kappa shape index (κ3) is 2.04. The summed E-state index contributed by atoms with van der Waals surface area (Å²) in [5, 5.41) is 0. The highest BCUT2D eigenvalue weighted by Gasteiger charge is 2.32. The predicted octanol–water partition coefficient (Wildman–Crippen LogP) is 2.64. The second-order valence-corrected chi connectivity index (χ2v) is 5.64. The van der Waals surface area contributed by atoms with Gasteiger partial charge in [-0.05, 0) is 36.6 Å². The highest BCUT2D eigenvalue weighted by molar-refractivity contribution is 9.10. The fourth-order valence-corrected chi connectivity index (χ4v) is 2.82. The zero-order chi connectivity index (χ0) is 11.0. The van der Waals surface area contributed by atoms with Crippen molar-refractivity contribution in [2.45, 2.75) is 18.4 Å². The molecule has 0 aliphatic carbocycles.